The molecule has 0 aromatic heterocycles. The van der Waals surface area contributed by atoms with Crippen LogP contribution in [0.15, 0.2) is 24.8 Å². The lowest BCUT2D eigenvalue weighted by atomic mass is 10.2. The summed E-state index contributed by atoms with van der Waals surface area (Å²) < 4.78 is 10.0. The van der Waals surface area contributed by atoms with Crippen molar-refractivity contribution in [3.8, 4) is 0 Å². The Balaban J connectivity index is 2.43. The number of esters is 1. The summed E-state index contributed by atoms with van der Waals surface area (Å²) in [6.45, 7) is 8.18. The van der Waals surface area contributed by atoms with Crippen LogP contribution in [0.1, 0.15) is 0 Å². The van der Waals surface area contributed by atoms with Gasteiger partial charge in [0, 0.05) is 6.54 Å². The molecular formula is C10H13NO4. The molecule has 1 aliphatic heterocycles. The summed E-state index contributed by atoms with van der Waals surface area (Å²) in [4.78, 5) is 22.3. The highest BCUT2D eigenvalue weighted by molar-refractivity contribution is 6.20. The van der Waals surface area contributed by atoms with Crippen LogP contribution < -0.4 is 5.32 Å². The number of carbonyl (C=O) groups excluding carboxylic acids is 2. The molecule has 1 atom stereocenters. The van der Waals surface area contributed by atoms with Crippen LogP contribution in [-0.2, 0) is 19.1 Å². The van der Waals surface area contributed by atoms with Gasteiger partial charge in [0.1, 0.15) is 0 Å². The van der Waals surface area contributed by atoms with E-state index in [9.17, 15) is 9.59 Å². The first kappa shape index (κ1) is 11.6. The van der Waals surface area contributed by atoms with Gasteiger partial charge in [0.25, 0.3) is 0 Å². The highest BCUT2D eigenvalue weighted by Gasteiger charge is 2.21. The second-order valence-corrected chi connectivity index (χ2v) is 2.96. The van der Waals surface area contributed by atoms with Gasteiger partial charge in [-0.15, -0.1) is 0 Å². The molecule has 0 radical (unpaired) electrons. The van der Waals surface area contributed by atoms with E-state index in [0.29, 0.717) is 13.2 Å². The molecule has 0 bridgehead atoms. The number of allylic oxidation sites excluding steroid dienone is 1. The lowest BCUT2D eigenvalue weighted by molar-refractivity contribution is -0.178. The molecule has 5 heteroatoms. The molecule has 0 aromatic carbocycles. The fraction of sp³-hybridized carbons (Fsp3) is 0.400. The van der Waals surface area contributed by atoms with Crippen molar-refractivity contribution in [1.82, 2.24) is 5.32 Å². The summed E-state index contributed by atoms with van der Waals surface area (Å²) in [6, 6.07) is 0. The van der Waals surface area contributed by atoms with E-state index in [1.807, 2.05) is 0 Å². The molecule has 82 valence electrons. The van der Waals surface area contributed by atoms with E-state index >= 15 is 0 Å². The van der Waals surface area contributed by atoms with E-state index in [2.05, 4.69) is 18.5 Å². The SMILES string of the molecule is C=CC(=O)C(=C)C(=O)OC1CNCCO1. The number of rotatable bonds is 4. The Morgan fingerprint density at radius 1 is 1.53 bits per heavy atom. The van der Waals surface area contributed by atoms with Gasteiger partial charge in [-0.25, -0.2) is 4.79 Å². The van der Waals surface area contributed by atoms with Gasteiger partial charge in [-0.1, -0.05) is 13.2 Å². The van der Waals surface area contributed by atoms with Gasteiger partial charge in [0.2, 0.25) is 6.29 Å². The Kier molecular flexibility index (Phi) is 4.20. The molecule has 1 fully saturated rings. The number of nitrogens with one attached hydrogen (secondary N) is 1. The van der Waals surface area contributed by atoms with Gasteiger partial charge in [0.05, 0.1) is 18.7 Å². The molecule has 1 unspecified atom stereocenters. The van der Waals surface area contributed by atoms with Crippen molar-refractivity contribution in [2.24, 2.45) is 0 Å². The largest absolute Gasteiger partial charge is 0.431 e. The van der Waals surface area contributed by atoms with Crippen LogP contribution in [0.4, 0.5) is 0 Å². The minimum Gasteiger partial charge on any atom is -0.431 e. The summed E-state index contributed by atoms with van der Waals surface area (Å²) >= 11 is 0. The predicted octanol–water partition coefficient (Wildman–Crippen LogP) is -0.213. The highest BCUT2D eigenvalue weighted by Crippen LogP contribution is 2.04. The summed E-state index contributed by atoms with van der Waals surface area (Å²) in [7, 11) is 0. The molecule has 1 heterocycles. The van der Waals surface area contributed by atoms with Crippen LogP contribution in [-0.4, -0.2) is 37.7 Å². The van der Waals surface area contributed by atoms with Gasteiger partial charge in [-0.05, 0) is 6.08 Å². The molecule has 1 rings (SSSR count). The fourth-order valence-corrected chi connectivity index (χ4v) is 1.03. The second-order valence-electron chi connectivity index (χ2n) is 2.96. The zero-order valence-corrected chi connectivity index (χ0v) is 8.32. The first-order valence-electron chi connectivity index (χ1n) is 4.54. The summed E-state index contributed by atoms with van der Waals surface area (Å²) in [5.41, 5.74) is -0.237. The highest BCUT2D eigenvalue weighted by atomic mass is 16.7. The lowest BCUT2D eigenvalue weighted by Crippen LogP contribution is -2.41. The molecule has 1 N–H and O–H groups in total. The van der Waals surface area contributed by atoms with Crippen molar-refractivity contribution < 1.29 is 19.1 Å². The van der Waals surface area contributed by atoms with Crippen molar-refractivity contribution in [2.45, 2.75) is 6.29 Å². The number of ketones is 1. The normalized spacial score (nSPS) is 20.4. The predicted molar refractivity (Wildman–Crippen MR) is 53.0 cm³/mol. The van der Waals surface area contributed by atoms with E-state index in [1.165, 1.54) is 0 Å². The van der Waals surface area contributed by atoms with E-state index in [-0.39, 0.29) is 5.57 Å². The van der Waals surface area contributed by atoms with Crippen LogP contribution >= 0.6 is 0 Å². The molecule has 0 aromatic rings. The summed E-state index contributed by atoms with van der Waals surface area (Å²) in [5, 5.41) is 2.99. The molecule has 15 heavy (non-hydrogen) atoms. The first-order valence-corrected chi connectivity index (χ1v) is 4.54. The third-order valence-electron chi connectivity index (χ3n) is 1.86. The Morgan fingerprint density at radius 2 is 2.27 bits per heavy atom. The van der Waals surface area contributed by atoms with Gasteiger partial charge >= 0.3 is 5.97 Å². The third-order valence-corrected chi connectivity index (χ3v) is 1.86. The topological polar surface area (TPSA) is 64.6 Å². The maximum Gasteiger partial charge on any atom is 0.343 e. The fourth-order valence-electron chi connectivity index (χ4n) is 1.03. The van der Waals surface area contributed by atoms with E-state index in [0.717, 1.165) is 12.6 Å². The quantitative estimate of drug-likeness (QED) is 0.301. The Bertz CT molecular complexity index is 292. The second kappa shape index (κ2) is 5.43. The monoisotopic (exact) mass is 211 g/mol. The molecule has 0 amide bonds. The van der Waals surface area contributed by atoms with Crippen molar-refractivity contribution in [1.29, 1.82) is 0 Å². The Morgan fingerprint density at radius 3 is 2.80 bits per heavy atom. The van der Waals surface area contributed by atoms with Crippen LogP contribution in [0.2, 0.25) is 0 Å². The van der Waals surface area contributed by atoms with E-state index < -0.39 is 18.0 Å². The average Bonchev–Trinajstić information content (AvgIpc) is 2.28. The van der Waals surface area contributed by atoms with E-state index in [1.54, 1.807) is 0 Å². The molecule has 0 saturated carbocycles. The Labute approximate surface area is 87.7 Å². The van der Waals surface area contributed by atoms with Crippen LogP contribution in [0, 0.1) is 0 Å². The van der Waals surface area contributed by atoms with Gasteiger partial charge < -0.3 is 14.8 Å². The first-order chi connectivity index (χ1) is 7.15. The van der Waals surface area contributed by atoms with Crippen molar-refractivity contribution in [2.75, 3.05) is 19.7 Å². The smallest absolute Gasteiger partial charge is 0.343 e. The number of carbonyl (C=O) groups is 2. The van der Waals surface area contributed by atoms with Crippen LogP contribution in [0.25, 0.3) is 0 Å². The zero-order valence-electron chi connectivity index (χ0n) is 8.32. The minimum atomic E-state index is -0.770. The molecule has 0 aliphatic carbocycles. The third kappa shape index (κ3) is 3.30. The summed E-state index contributed by atoms with van der Waals surface area (Å²) in [6.07, 6.45) is 0.365. The van der Waals surface area contributed by atoms with Crippen LogP contribution in [0.3, 0.4) is 0 Å². The maximum atomic E-state index is 11.3. The summed E-state index contributed by atoms with van der Waals surface area (Å²) in [5.74, 6) is -1.31. The Hall–Kier alpha value is -1.46. The molecule has 1 saturated heterocycles. The number of hydrogen-bond donors (Lipinski definition) is 1. The zero-order chi connectivity index (χ0) is 11.3. The number of ether oxygens (including phenoxy) is 2. The number of hydrogen-bond acceptors (Lipinski definition) is 5. The number of morpholine rings is 1. The maximum absolute atomic E-state index is 11.3. The standard InChI is InChI=1S/C10H13NO4/c1-3-8(12)7(2)10(13)15-9-6-11-4-5-14-9/h3,9,11H,1-2,4-6H2. The van der Waals surface area contributed by atoms with Crippen molar-refractivity contribution >= 4 is 11.8 Å². The molecule has 1 aliphatic rings. The van der Waals surface area contributed by atoms with Gasteiger partial charge in [0.15, 0.2) is 5.78 Å². The minimum absolute atomic E-state index is 0.237. The van der Waals surface area contributed by atoms with Gasteiger partial charge in [-0.2, -0.15) is 0 Å². The van der Waals surface area contributed by atoms with Gasteiger partial charge in [-0.3, -0.25) is 4.79 Å². The molecular weight excluding hydrogens is 198 g/mol. The van der Waals surface area contributed by atoms with Crippen molar-refractivity contribution in [3.63, 3.8) is 0 Å². The van der Waals surface area contributed by atoms with E-state index in [4.69, 9.17) is 9.47 Å². The lowest BCUT2D eigenvalue weighted by Gasteiger charge is -2.23. The molecule has 5 nitrogen and oxygen atoms in total. The molecule has 0 spiro atoms. The van der Waals surface area contributed by atoms with Crippen LogP contribution in [0.5, 0.6) is 0 Å². The van der Waals surface area contributed by atoms with Crippen molar-refractivity contribution in [3.05, 3.63) is 24.8 Å². The average molecular weight is 211 g/mol.